The van der Waals surface area contributed by atoms with E-state index in [0.29, 0.717) is 11.0 Å². The van der Waals surface area contributed by atoms with Gasteiger partial charge >= 0.3 is 0 Å². The van der Waals surface area contributed by atoms with Gasteiger partial charge in [0.1, 0.15) is 0 Å². The maximum absolute atomic E-state index is 12.3. The third-order valence-corrected chi connectivity index (χ3v) is 4.54. The van der Waals surface area contributed by atoms with E-state index in [2.05, 4.69) is 20.4 Å². The van der Waals surface area contributed by atoms with Crippen molar-refractivity contribution in [1.82, 2.24) is 15.1 Å². The number of hydrogen-bond acceptors (Lipinski definition) is 6. The van der Waals surface area contributed by atoms with Crippen LogP contribution < -0.4 is 5.32 Å². The Kier molecular flexibility index (Phi) is 4.61. The second kappa shape index (κ2) is 7.37. The van der Waals surface area contributed by atoms with Gasteiger partial charge in [0.2, 0.25) is 11.1 Å². The highest BCUT2D eigenvalue weighted by molar-refractivity contribution is 7.99. The lowest BCUT2D eigenvalue weighted by atomic mass is 10.1. The van der Waals surface area contributed by atoms with Crippen LogP contribution in [0.5, 0.6) is 0 Å². The number of fused-ring (bicyclic) bond motifs is 1. The molecule has 4 rings (SSSR count). The Morgan fingerprint density at radius 1 is 1.08 bits per heavy atom. The van der Waals surface area contributed by atoms with Crippen molar-refractivity contribution in [2.24, 2.45) is 0 Å². The molecule has 0 aliphatic rings. The second-order valence-corrected chi connectivity index (χ2v) is 6.43. The molecule has 6 nitrogen and oxygen atoms in total. The summed E-state index contributed by atoms with van der Waals surface area (Å²) in [5.41, 5.74) is 1.53. The smallest absolute Gasteiger partial charge is 0.260 e. The van der Waals surface area contributed by atoms with Gasteiger partial charge in [-0.1, -0.05) is 48.2 Å². The highest BCUT2D eigenvalue weighted by Crippen LogP contribution is 2.24. The molecular weight excluding hydrogens is 348 g/mol. The number of carbonyl (C=O) groups excluding carboxylic acids is 1. The summed E-state index contributed by atoms with van der Waals surface area (Å²) >= 11 is 1.22. The van der Waals surface area contributed by atoms with Crippen LogP contribution in [0.4, 0.5) is 5.69 Å². The van der Waals surface area contributed by atoms with E-state index in [1.165, 1.54) is 11.8 Å². The monoisotopic (exact) mass is 362 g/mol. The van der Waals surface area contributed by atoms with Crippen molar-refractivity contribution in [2.75, 3.05) is 11.1 Å². The molecule has 0 fully saturated rings. The lowest BCUT2D eigenvalue weighted by Crippen LogP contribution is -2.14. The largest absolute Gasteiger partial charge is 0.333 e. The van der Waals surface area contributed by atoms with Gasteiger partial charge in [-0.05, 0) is 28.7 Å². The lowest BCUT2D eigenvalue weighted by Gasteiger charge is -2.07. The van der Waals surface area contributed by atoms with Gasteiger partial charge in [-0.15, -0.1) is 0 Å². The van der Waals surface area contributed by atoms with Crippen LogP contribution in [0.2, 0.25) is 0 Å². The van der Waals surface area contributed by atoms with E-state index in [9.17, 15) is 4.79 Å². The Balaban J connectivity index is 1.41. The summed E-state index contributed by atoms with van der Waals surface area (Å²) in [5.74, 6) is 0.448. The van der Waals surface area contributed by atoms with Crippen molar-refractivity contribution in [1.29, 1.82) is 0 Å². The highest BCUT2D eigenvalue weighted by Gasteiger charge is 2.12. The van der Waals surface area contributed by atoms with Gasteiger partial charge in [0, 0.05) is 23.5 Å². The molecule has 0 atom stereocenters. The SMILES string of the molecule is O=C(CSc1noc(-c2cccnc2)n1)Nc1cccc2ccccc12. The molecule has 0 aliphatic heterocycles. The first-order valence-electron chi connectivity index (χ1n) is 7.94. The van der Waals surface area contributed by atoms with Gasteiger partial charge in [0.05, 0.1) is 11.3 Å². The third kappa shape index (κ3) is 3.57. The summed E-state index contributed by atoms with van der Waals surface area (Å²) < 4.78 is 5.21. The predicted molar refractivity (Wildman–Crippen MR) is 101 cm³/mol. The highest BCUT2D eigenvalue weighted by atomic mass is 32.2. The van der Waals surface area contributed by atoms with E-state index < -0.39 is 0 Å². The molecule has 0 unspecified atom stereocenters. The fourth-order valence-electron chi connectivity index (χ4n) is 2.53. The second-order valence-electron chi connectivity index (χ2n) is 5.49. The van der Waals surface area contributed by atoms with E-state index in [0.717, 1.165) is 22.0 Å². The van der Waals surface area contributed by atoms with Crippen LogP contribution >= 0.6 is 11.8 Å². The van der Waals surface area contributed by atoms with E-state index in [1.807, 2.05) is 48.5 Å². The Morgan fingerprint density at radius 3 is 2.85 bits per heavy atom. The molecule has 1 amide bonds. The molecule has 0 saturated carbocycles. The molecule has 4 aromatic rings. The van der Waals surface area contributed by atoms with Crippen LogP contribution in [0.25, 0.3) is 22.2 Å². The summed E-state index contributed by atoms with van der Waals surface area (Å²) in [6.07, 6.45) is 3.32. The number of hydrogen-bond donors (Lipinski definition) is 1. The minimum absolute atomic E-state index is 0.126. The molecular formula is C19H14N4O2S. The number of nitrogens with zero attached hydrogens (tertiary/aromatic N) is 3. The van der Waals surface area contributed by atoms with Crippen LogP contribution in [0.3, 0.4) is 0 Å². The molecule has 0 aliphatic carbocycles. The zero-order chi connectivity index (χ0) is 17.8. The molecule has 128 valence electrons. The first-order valence-corrected chi connectivity index (χ1v) is 8.93. The number of anilines is 1. The zero-order valence-corrected chi connectivity index (χ0v) is 14.4. The number of carbonyl (C=O) groups is 1. The summed E-state index contributed by atoms with van der Waals surface area (Å²) in [6, 6.07) is 17.4. The maximum atomic E-state index is 12.3. The van der Waals surface area contributed by atoms with E-state index in [1.54, 1.807) is 18.5 Å². The van der Waals surface area contributed by atoms with Crippen LogP contribution in [0.1, 0.15) is 0 Å². The fourth-order valence-corrected chi connectivity index (χ4v) is 3.10. The summed E-state index contributed by atoms with van der Waals surface area (Å²) in [6.45, 7) is 0. The number of nitrogens with one attached hydrogen (secondary N) is 1. The quantitative estimate of drug-likeness (QED) is 0.540. The number of thioether (sulfide) groups is 1. The Hall–Kier alpha value is -3.19. The minimum Gasteiger partial charge on any atom is -0.333 e. The van der Waals surface area contributed by atoms with Crippen LogP contribution in [-0.2, 0) is 4.79 Å². The standard InChI is InChI=1S/C19H14N4O2S/c24-17(21-16-9-3-6-13-5-1-2-8-15(13)16)12-26-19-22-18(25-23-19)14-7-4-10-20-11-14/h1-11H,12H2,(H,21,24). The third-order valence-electron chi connectivity index (χ3n) is 3.71. The maximum Gasteiger partial charge on any atom is 0.260 e. The van der Waals surface area contributed by atoms with Crippen molar-refractivity contribution in [3.05, 3.63) is 67.0 Å². The molecule has 0 saturated heterocycles. The molecule has 7 heteroatoms. The van der Waals surface area contributed by atoms with Crippen molar-refractivity contribution < 1.29 is 9.32 Å². The number of pyridine rings is 1. The van der Waals surface area contributed by atoms with Gasteiger partial charge in [-0.3, -0.25) is 9.78 Å². The minimum atomic E-state index is -0.126. The summed E-state index contributed by atoms with van der Waals surface area (Å²) in [5, 5.41) is 9.33. The van der Waals surface area contributed by atoms with Gasteiger partial charge in [0.25, 0.3) is 5.89 Å². The lowest BCUT2D eigenvalue weighted by molar-refractivity contribution is -0.113. The molecule has 2 aromatic carbocycles. The van der Waals surface area contributed by atoms with Crippen LogP contribution in [0, 0.1) is 0 Å². The van der Waals surface area contributed by atoms with Crippen LogP contribution in [-0.4, -0.2) is 26.8 Å². The first kappa shape index (κ1) is 16.3. The average Bonchev–Trinajstić information content (AvgIpc) is 3.17. The molecule has 26 heavy (non-hydrogen) atoms. The van der Waals surface area contributed by atoms with Gasteiger partial charge in [-0.25, -0.2) is 0 Å². The van der Waals surface area contributed by atoms with Crippen molar-refractivity contribution in [3.63, 3.8) is 0 Å². The van der Waals surface area contributed by atoms with Crippen molar-refractivity contribution in [3.8, 4) is 11.5 Å². The number of rotatable bonds is 5. The Morgan fingerprint density at radius 2 is 1.96 bits per heavy atom. The van der Waals surface area contributed by atoms with E-state index in [4.69, 9.17) is 4.52 Å². The molecule has 2 aromatic heterocycles. The van der Waals surface area contributed by atoms with Crippen LogP contribution in [0.15, 0.2) is 76.7 Å². The van der Waals surface area contributed by atoms with Gasteiger partial charge in [0.15, 0.2) is 0 Å². The van der Waals surface area contributed by atoms with E-state index in [-0.39, 0.29) is 11.7 Å². The number of benzene rings is 2. The average molecular weight is 362 g/mol. The summed E-state index contributed by atoms with van der Waals surface area (Å²) in [7, 11) is 0. The Labute approximate surface area is 153 Å². The van der Waals surface area contributed by atoms with Gasteiger partial charge in [-0.2, -0.15) is 4.98 Å². The topological polar surface area (TPSA) is 80.9 Å². The predicted octanol–water partition coefficient (Wildman–Crippen LogP) is 4.02. The molecule has 1 N–H and O–H groups in total. The number of amides is 1. The first-order chi connectivity index (χ1) is 12.8. The van der Waals surface area contributed by atoms with Gasteiger partial charge < -0.3 is 9.84 Å². The fraction of sp³-hybridized carbons (Fsp3) is 0.0526. The van der Waals surface area contributed by atoms with Crippen molar-refractivity contribution >= 4 is 34.1 Å². The normalized spacial score (nSPS) is 10.8. The zero-order valence-electron chi connectivity index (χ0n) is 13.6. The molecule has 0 spiro atoms. The molecule has 0 bridgehead atoms. The van der Waals surface area contributed by atoms with Crippen molar-refractivity contribution in [2.45, 2.75) is 5.16 Å². The summed E-state index contributed by atoms with van der Waals surface area (Å²) in [4.78, 5) is 20.6. The Bertz CT molecular complexity index is 1040. The van der Waals surface area contributed by atoms with E-state index >= 15 is 0 Å². The molecule has 0 radical (unpaired) electrons. The number of aromatic nitrogens is 3. The molecule has 2 heterocycles.